The number of aryl methyl sites for hydroxylation is 1. The van der Waals surface area contributed by atoms with Crippen LogP contribution in [0.5, 0.6) is 0 Å². The molecule has 3 rings (SSSR count). The molecule has 0 bridgehead atoms. The average molecular weight is 257 g/mol. The molecule has 102 valence electrons. The second-order valence-electron chi connectivity index (χ2n) is 6.05. The lowest BCUT2D eigenvalue weighted by Crippen LogP contribution is -2.54. The number of hydrogen-bond donors (Lipinski definition) is 1. The van der Waals surface area contributed by atoms with Crippen molar-refractivity contribution >= 4 is 11.0 Å². The first-order valence-electron chi connectivity index (χ1n) is 7.37. The van der Waals surface area contributed by atoms with Gasteiger partial charge in [-0.25, -0.2) is 0 Å². The molecule has 2 nitrogen and oxygen atoms in total. The van der Waals surface area contributed by atoms with Gasteiger partial charge in [0.15, 0.2) is 0 Å². The molecule has 2 heteroatoms. The summed E-state index contributed by atoms with van der Waals surface area (Å²) in [6, 6.07) is 8.68. The van der Waals surface area contributed by atoms with Gasteiger partial charge in [0, 0.05) is 22.9 Å². The number of nitrogens with two attached hydrogens (primary N) is 1. The number of fused-ring (bicyclic) bond motifs is 1. The summed E-state index contributed by atoms with van der Waals surface area (Å²) in [4.78, 5) is 0. The van der Waals surface area contributed by atoms with E-state index in [2.05, 4.69) is 39.0 Å². The molecule has 0 radical (unpaired) electrons. The topological polar surface area (TPSA) is 39.2 Å². The fourth-order valence-corrected chi connectivity index (χ4v) is 3.57. The fraction of sp³-hybridized carbons (Fsp3) is 0.529. The van der Waals surface area contributed by atoms with Crippen LogP contribution in [0.2, 0.25) is 0 Å². The van der Waals surface area contributed by atoms with Crippen LogP contribution >= 0.6 is 0 Å². The molecule has 1 aromatic heterocycles. The van der Waals surface area contributed by atoms with E-state index in [-0.39, 0.29) is 5.41 Å². The summed E-state index contributed by atoms with van der Waals surface area (Å²) in [5.74, 6) is 1.67. The van der Waals surface area contributed by atoms with E-state index < -0.39 is 0 Å². The van der Waals surface area contributed by atoms with Crippen molar-refractivity contribution in [1.82, 2.24) is 0 Å². The van der Waals surface area contributed by atoms with Crippen molar-refractivity contribution < 1.29 is 4.42 Å². The summed E-state index contributed by atoms with van der Waals surface area (Å²) >= 11 is 0. The molecule has 1 saturated carbocycles. The summed E-state index contributed by atoms with van der Waals surface area (Å²) in [6.45, 7) is 6.75. The molecule has 2 N–H and O–H groups in total. The molecule has 0 saturated heterocycles. The molecule has 3 atom stereocenters. The zero-order valence-electron chi connectivity index (χ0n) is 12.1. The van der Waals surface area contributed by atoms with Gasteiger partial charge >= 0.3 is 0 Å². The van der Waals surface area contributed by atoms with Gasteiger partial charge in [0.05, 0.1) is 0 Å². The van der Waals surface area contributed by atoms with Gasteiger partial charge in [-0.3, -0.25) is 0 Å². The van der Waals surface area contributed by atoms with Gasteiger partial charge < -0.3 is 10.2 Å². The minimum absolute atomic E-state index is 0.192. The Morgan fingerprint density at radius 3 is 2.68 bits per heavy atom. The van der Waals surface area contributed by atoms with Crippen molar-refractivity contribution in [2.75, 3.05) is 0 Å². The second-order valence-corrected chi connectivity index (χ2v) is 6.05. The SMILES string of the molecule is CCc1c(C2CC(N)C2(C)CC)oc2ccccc12. The normalized spacial score (nSPS) is 30.5. The molecule has 19 heavy (non-hydrogen) atoms. The predicted molar refractivity (Wildman–Crippen MR) is 79.3 cm³/mol. The van der Waals surface area contributed by atoms with E-state index >= 15 is 0 Å². The van der Waals surface area contributed by atoms with Crippen LogP contribution in [-0.4, -0.2) is 6.04 Å². The highest BCUT2D eigenvalue weighted by molar-refractivity contribution is 5.82. The summed E-state index contributed by atoms with van der Waals surface area (Å²) in [6.07, 6.45) is 3.19. The Labute approximate surface area is 115 Å². The highest BCUT2D eigenvalue weighted by atomic mass is 16.3. The predicted octanol–water partition coefficient (Wildman–Crippen LogP) is 4.23. The lowest BCUT2D eigenvalue weighted by molar-refractivity contribution is 0.0568. The van der Waals surface area contributed by atoms with Crippen LogP contribution in [0.15, 0.2) is 28.7 Å². The monoisotopic (exact) mass is 257 g/mol. The Morgan fingerprint density at radius 2 is 2.05 bits per heavy atom. The van der Waals surface area contributed by atoms with E-state index in [4.69, 9.17) is 10.2 Å². The smallest absolute Gasteiger partial charge is 0.134 e. The standard InChI is InChI=1S/C17H23NO/c1-4-11-12-8-6-7-9-14(12)19-16(11)13-10-15(18)17(13,3)5-2/h6-9,13,15H,4-5,10,18H2,1-3H3. The minimum Gasteiger partial charge on any atom is -0.460 e. The Balaban J connectivity index is 2.11. The Kier molecular flexibility index (Phi) is 2.94. The van der Waals surface area contributed by atoms with Crippen LogP contribution in [0.1, 0.15) is 50.9 Å². The van der Waals surface area contributed by atoms with Crippen LogP contribution < -0.4 is 5.73 Å². The number of para-hydroxylation sites is 1. The van der Waals surface area contributed by atoms with E-state index in [0.29, 0.717) is 12.0 Å². The van der Waals surface area contributed by atoms with Crippen LogP contribution in [0.4, 0.5) is 0 Å². The van der Waals surface area contributed by atoms with Crippen molar-refractivity contribution in [3.63, 3.8) is 0 Å². The maximum absolute atomic E-state index is 6.24. The third kappa shape index (κ3) is 1.66. The van der Waals surface area contributed by atoms with Crippen molar-refractivity contribution in [3.8, 4) is 0 Å². The molecule has 2 aromatic rings. The maximum Gasteiger partial charge on any atom is 0.134 e. The highest BCUT2D eigenvalue weighted by Gasteiger charge is 2.51. The van der Waals surface area contributed by atoms with Crippen LogP contribution in [0, 0.1) is 5.41 Å². The van der Waals surface area contributed by atoms with E-state index in [9.17, 15) is 0 Å². The van der Waals surface area contributed by atoms with Crippen molar-refractivity contribution in [2.24, 2.45) is 11.1 Å². The molecular weight excluding hydrogens is 234 g/mol. The second kappa shape index (κ2) is 4.38. The summed E-state index contributed by atoms with van der Waals surface area (Å²) in [5, 5.41) is 1.28. The molecule has 0 aliphatic heterocycles. The first kappa shape index (κ1) is 12.7. The molecule has 0 spiro atoms. The third-order valence-electron chi connectivity index (χ3n) is 5.29. The zero-order chi connectivity index (χ0) is 13.6. The van der Waals surface area contributed by atoms with Gasteiger partial charge in [-0.15, -0.1) is 0 Å². The van der Waals surface area contributed by atoms with Crippen molar-refractivity contribution in [3.05, 3.63) is 35.6 Å². The molecule has 1 aliphatic carbocycles. The van der Waals surface area contributed by atoms with Gasteiger partial charge in [-0.05, 0) is 30.7 Å². The summed E-state index contributed by atoms with van der Waals surface area (Å²) in [7, 11) is 0. The third-order valence-corrected chi connectivity index (χ3v) is 5.29. The number of furan rings is 1. The van der Waals surface area contributed by atoms with E-state index in [1.54, 1.807) is 0 Å². The molecular formula is C17H23NO. The zero-order valence-corrected chi connectivity index (χ0v) is 12.1. The highest BCUT2D eigenvalue weighted by Crippen LogP contribution is 2.55. The number of rotatable bonds is 3. The molecule has 3 unspecified atom stereocenters. The Hall–Kier alpha value is -1.28. The van der Waals surface area contributed by atoms with Crippen molar-refractivity contribution in [2.45, 2.75) is 52.0 Å². The molecule has 0 amide bonds. The van der Waals surface area contributed by atoms with E-state index in [1.807, 2.05) is 6.07 Å². The summed E-state index contributed by atoms with van der Waals surface area (Å²) in [5.41, 5.74) is 8.83. The largest absolute Gasteiger partial charge is 0.460 e. The molecule has 1 aliphatic rings. The van der Waals surface area contributed by atoms with E-state index in [1.165, 1.54) is 16.7 Å². The van der Waals surface area contributed by atoms with Crippen LogP contribution in [0.3, 0.4) is 0 Å². The summed E-state index contributed by atoms with van der Waals surface area (Å²) < 4.78 is 6.18. The van der Waals surface area contributed by atoms with Gasteiger partial charge in [0.1, 0.15) is 11.3 Å². The van der Waals surface area contributed by atoms with Gasteiger partial charge in [-0.2, -0.15) is 0 Å². The average Bonchev–Trinajstić information content (AvgIpc) is 2.81. The van der Waals surface area contributed by atoms with E-state index in [0.717, 1.165) is 24.8 Å². The van der Waals surface area contributed by atoms with Gasteiger partial charge in [0.2, 0.25) is 0 Å². The quantitative estimate of drug-likeness (QED) is 0.893. The lowest BCUT2D eigenvalue weighted by Gasteiger charge is -2.51. The molecule has 1 fully saturated rings. The Bertz CT molecular complexity index is 600. The number of hydrogen-bond acceptors (Lipinski definition) is 2. The number of benzene rings is 1. The van der Waals surface area contributed by atoms with Gasteiger partial charge in [-0.1, -0.05) is 39.0 Å². The van der Waals surface area contributed by atoms with Crippen molar-refractivity contribution in [1.29, 1.82) is 0 Å². The lowest BCUT2D eigenvalue weighted by atomic mass is 9.55. The van der Waals surface area contributed by atoms with Crippen LogP contribution in [-0.2, 0) is 6.42 Å². The van der Waals surface area contributed by atoms with Crippen LogP contribution in [0.25, 0.3) is 11.0 Å². The fourth-order valence-electron chi connectivity index (χ4n) is 3.57. The Morgan fingerprint density at radius 1 is 1.32 bits per heavy atom. The first-order chi connectivity index (χ1) is 9.11. The maximum atomic E-state index is 6.24. The molecule has 1 heterocycles. The minimum atomic E-state index is 0.192. The molecule has 1 aromatic carbocycles. The van der Waals surface area contributed by atoms with Gasteiger partial charge in [0.25, 0.3) is 0 Å². The first-order valence-corrected chi connectivity index (χ1v) is 7.37.